The first kappa shape index (κ1) is 15.6. The van der Waals surface area contributed by atoms with Crippen molar-refractivity contribution in [2.24, 2.45) is 5.92 Å². The summed E-state index contributed by atoms with van der Waals surface area (Å²) in [5.74, 6) is -7.92. The van der Waals surface area contributed by atoms with Crippen LogP contribution in [0.5, 0.6) is 0 Å². The fraction of sp³-hybridized carbons (Fsp3) is 0.500. The summed E-state index contributed by atoms with van der Waals surface area (Å²) in [4.78, 5) is 30.0. The third kappa shape index (κ3) is 4.97. The number of carbonyl (C=O) groups excluding carboxylic acids is 3. The third-order valence-electron chi connectivity index (χ3n) is 1.31. The van der Waals surface area contributed by atoms with Crippen LogP contribution in [-0.2, 0) is 36.8 Å². The zero-order valence-electron chi connectivity index (χ0n) is 6.56. The molecule has 0 aromatic carbocycles. The SMILES string of the molecule is O=C([O-])CC(C(=O)[O-])C(O)C(=O)[O-].[Ag+3]. The standard InChI is InChI=1S/C6H8O7.Ag/c7-3(8)1-2(5(10)11)4(9)6(12)13;/h2,4,9H,1H2,(H,7,8)(H,10,11)(H,12,13);/q;+3/p-3. The number of aliphatic carboxylic acids is 3. The summed E-state index contributed by atoms with van der Waals surface area (Å²) < 4.78 is 0. The molecule has 2 unspecified atom stereocenters. The summed E-state index contributed by atoms with van der Waals surface area (Å²) in [5, 5.41) is 38.6. The second-order valence-electron chi connectivity index (χ2n) is 2.27. The van der Waals surface area contributed by atoms with Crippen LogP contribution in [0.1, 0.15) is 6.42 Å². The number of aliphatic hydroxyl groups is 1. The molecule has 0 fully saturated rings. The van der Waals surface area contributed by atoms with E-state index in [9.17, 15) is 29.7 Å². The molecular weight excluding hydrogens is 292 g/mol. The van der Waals surface area contributed by atoms with E-state index >= 15 is 0 Å². The van der Waals surface area contributed by atoms with Gasteiger partial charge in [0, 0.05) is 17.9 Å². The molecule has 0 aliphatic heterocycles. The Morgan fingerprint density at radius 1 is 1.07 bits per heavy atom. The average Bonchev–Trinajstić information content (AvgIpc) is 1.97. The molecule has 8 heteroatoms. The summed E-state index contributed by atoms with van der Waals surface area (Å²) in [6.07, 6.45) is -3.56. The second kappa shape index (κ2) is 6.55. The van der Waals surface area contributed by atoms with Crippen LogP contribution >= 0.6 is 0 Å². The molecule has 0 aromatic heterocycles. The average molecular weight is 297 g/mol. The van der Waals surface area contributed by atoms with Crippen molar-refractivity contribution in [3.05, 3.63) is 0 Å². The smallest absolute Gasteiger partial charge is 0.550 e. The molecule has 0 aliphatic carbocycles. The minimum absolute atomic E-state index is 0. The van der Waals surface area contributed by atoms with Crippen molar-refractivity contribution in [3.8, 4) is 0 Å². The normalized spacial score (nSPS) is 13.5. The van der Waals surface area contributed by atoms with Gasteiger partial charge in [0.1, 0.15) is 6.10 Å². The molecule has 1 N–H and O–H groups in total. The number of hydrogen-bond donors (Lipinski definition) is 1. The molecular formula is C6H5AgO7. The van der Waals surface area contributed by atoms with E-state index < -0.39 is 36.4 Å². The van der Waals surface area contributed by atoms with Crippen LogP contribution in [0.4, 0.5) is 0 Å². The van der Waals surface area contributed by atoms with Crippen LogP contribution in [0.2, 0.25) is 0 Å². The number of carboxylic acids is 3. The van der Waals surface area contributed by atoms with Gasteiger partial charge in [-0.15, -0.1) is 0 Å². The molecule has 0 aliphatic rings. The van der Waals surface area contributed by atoms with Gasteiger partial charge in [0.2, 0.25) is 0 Å². The first-order valence-corrected chi connectivity index (χ1v) is 3.16. The molecule has 0 saturated heterocycles. The summed E-state index contributed by atoms with van der Waals surface area (Å²) in [5.41, 5.74) is 0. The van der Waals surface area contributed by atoms with Gasteiger partial charge in [-0.25, -0.2) is 0 Å². The van der Waals surface area contributed by atoms with Gasteiger partial charge in [0.05, 0.1) is 5.97 Å². The summed E-state index contributed by atoms with van der Waals surface area (Å²) >= 11 is 0. The van der Waals surface area contributed by atoms with E-state index in [0.29, 0.717) is 0 Å². The van der Waals surface area contributed by atoms with E-state index in [2.05, 4.69) is 0 Å². The molecule has 0 aromatic rings. The molecule has 7 nitrogen and oxygen atoms in total. The van der Waals surface area contributed by atoms with E-state index in [1.807, 2.05) is 0 Å². The van der Waals surface area contributed by atoms with Crippen molar-refractivity contribution in [1.29, 1.82) is 0 Å². The van der Waals surface area contributed by atoms with E-state index in [1.54, 1.807) is 0 Å². The molecule has 0 bridgehead atoms. The summed E-state index contributed by atoms with van der Waals surface area (Å²) in [6, 6.07) is 0. The van der Waals surface area contributed by atoms with E-state index in [-0.39, 0.29) is 22.4 Å². The number of carbonyl (C=O) groups is 3. The van der Waals surface area contributed by atoms with Crippen molar-refractivity contribution < 1.29 is 57.2 Å². The van der Waals surface area contributed by atoms with E-state index in [4.69, 9.17) is 5.11 Å². The van der Waals surface area contributed by atoms with Crippen molar-refractivity contribution in [3.63, 3.8) is 0 Å². The fourth-order valence-electron chi connectivity index (χ4n) is 0.668. The maximum Gasteiger partial charge on any atom is 3.00 e. The van der Waals surface area contributed by atoms with Gasteiger partial charge in [-0.05, 0) is 6.42 Å². The molecule has 0 spiro atoms. The minimum atomic E-state index is -2.41. The summed E-state index contributed by atoms with van der Waals surface area (Å²) in [6.45, 7) is 0. The second-order valence-corrected chi connectivity index (χ2v) is 2.27. The quantitative estimate of drug-likeness (QED) is 0.499. The van der Waals surface area contributed by atoms with Gasteiger partial charge in [-0.1, -0.05) is 0 Å². The molecule has 0 amide bonds. The molecule has 0 rings (SSSR count). The van der Waals surface area contributed by atoms with Gasteiger partial charge in [-0.2, -0.15) is 0 Å². The van der Waals surface area contributed by atoms with Gasteiger partial charge in [-0.3, -0.25) is 0 Å². The number of carboxylic acid groups (broad SMARTS) is 3. The van der Waals surface area contributed by atoms with Crippen LogP contribution < -0.4 is 15.3 Å². The number of hydrogen-bond acceptors (Lipinski definition) is 7. The molecule has 0 saturated carbocycles. The molecule has 0 radical (unpaired) electrons. The van der Waals surface area contributed by atoms with Crippen molar-refractivity contribution in [2.45, 2.75) is 12.5 Å². The number of aliphatic hydroxyl groups excluding tert-OH is 1. The molecule has 14 heavy (non-hydrogen) atoms. The monoisotopic (exact) mass is 296 g/mol. The number of rotatable bonds is 5. The molecule has 0 heterocycles. The minimum Gasteiger partial charge on any atom is -0.550 e. The van der Waals surface area contributed by atoms with Crippen LogP contribution in [-0.4, -0.2) is 29.1 Å². The Kier molecular flexibility index (Phi) is 7.28. The van der Waals surface area contributed by atoms with Gasteiger partial charge < -0.3 is 34.8 Å². The molecule has 82 valence electrons. The Morgan fingerprint density at radius 3 is 1.71 bits per heavy atom. The van der Waals surface area contributed by atoms with E-state index in [0.717, 1.165) is 0 Å². The Hall–Kier alpha value is -0.890. The first-order chi connectivity index (χ1) is 5.86. The first-order valence-electron chi connectivity index (χ1n) is 3.16. The van der Waals surface area contributed by atoms with Crippen LogP contribution in [0.3, 0.4) is 0 Å². The van der Waals surface area contributed by atoms with Crippen LogP contribution in [0.15, 0.2) is 0 Å². The van der Waals surface area contributed by atoms with Crippen molar-refractivity contribution in [1.82, 2.24) is 0 Å². The molecule has 2 atom stereocenters. The van der Waals surface area contributed by atoms with Gasteiger partial charge in [0.15, 0.2) is 0 Å². The van der Waals surface area contributed by atoms with E-state index in [1.165, 1.54) is 0 Å². The largest absolute Gasteiger partial charge is 3.00 e. The maximum absolute atomic E-state index is 10.1. The summed E-state index contributed by atoms with van der Waals surface area (Å²) in [7, 11) is 0. The van der Waals surface area contributed by atoms with Gasteiger partial charge in [0.25, 0.3) is 0 Å². The van der Waals surface area contributed by atoms with Crippen LogP contribution in [0, 0.1) is 5.92 Å². The Labute approximate surface area is 93.9 Å². The zero-order valence-corrected chi connectivity index (χ0v) is 8.04. The van der Waals surface area contributed by atoms with Crippen LogP contribution in [0.25, 0.3) is 0 Å². The predicted molar refractivity (Wildman–Crippen MR) is 29.1 cm³/mol. The third-order valence-corrected chi connectivity index (χ3v) is 1.31. The topological polar surface area (TPSA) is 141 Å². The van der Waals surface area contributed by atoms with Gasteiger partial charge >= 0.3 is 22.4 Å². The Bertz CT molecular complexity index is 238. The van der Waals surface area contributed by atoms with Crippen molar-refractivity contribution >= 4 is 17.9 Å². The maximum atomic E-state index is 10.1. The zero-order chi connectivity index (χ0) is 10.6. The van der Waals surface area contributed by atoms with Crippen molar-refractivity contribution in [2.75, 3.05) is 0 Å². The Morgan fingerprint density at radius 2 is 1.50 bits per heavy atom. The predicted octanol–water partition coefficient (Wildman–Crippen LogP) is -5.40. The fourth-order valence-corrected chi connectivity index (χ4v) is 0.668. The Balaban J connectivity index is 0.